The molecule has 166 valence electrons. The van der Waals surface area contributed by atoms with E-state index in [1.165, 1.54) is 5.56 Å². The van der Waals surface area contributed by atoms with Gasteiger partial charge in [-0.2, -0.15) is 0 Å². The van der Waals surface area contributed by atoms with Crippen LogP contribution in [0.5, 0.6) is 5.75 Å². The van der Waals surface area contributed by atoms with Gasteiger partial charge in [0.1, 0.15) is 5.75 Å². The molecular weight excluding hydrogens is 412 g/mol. The van der Waals surface area contributed by atoms with Crippen LogP contribution in [0.2, 0.25) is 0 Å². The summed E-state index contributed by atoms with van der Waals surface area (Å²) in [6.07, 6.45) is 0.816. The summed E-state index contributed by atoms with van der Waals surface area (Å²) in [5.74, 6) is 0.103. The van der Waals surface area contributed by atoms with E-state index in [4.69, 9.17) is 21.7 Å². The predicted octanol–water partition coefficient (Wildman–Crippen LogP) is 4.83. The molecule has 0 atom stereocenters. The lowest BCUT2D eigenvalue weighted by molar-refractivity contribution is -0.119. The first-order valence-electron chi connectivity index (χ1n) is 10.3. The normalized spacial score (nSPS) is 10.8. The van der Waals surface area contributed by atoms with Crippen LogP contribution in [0, 0.1) is 0 Å². The molecular formula is C24H30N2O4S. The van der Waals surface area contributed by atoms with Gasteiger partial charge < -0.3 is 20.1 Å². The fourth-order valence-corrected chi connectivity index (χ4v) is 3.02. The first-order valence-corrected chi connectivity index (χ1v) is 10.7. The van der Waals surface area contributed by atoms with Crippen LogP contribution in [0.3, 0.4) is 0 Å². The minimum atomic E-state index is -0.451. The molecule has 2 aromatic rings. The van der Waals surface area contributed by atoms with Crippen LogP contribution in [0.25, 0.3) is 0 Å². The third-order valence-corrected chi connectivity index (χ3v) is 4.66. The van der Waals surface area contributed by atoms with Gasteiger partial charge in [0.05, 0.1) is 24.5 Å². The second kappa shape index (κ2) is 11.5. The number of ether oxygens (including phenoxy) is 2. The fraction of sp³-hybridized carbons (Fsp3) is 0.375. The summed E-state index contributed by atoms with van der Waals surface area (Å²) in [6.45, 7) is 8.93. The maximum absolute atomic E-state index is 12.1. The van der Waals surface area contributed by atoms with Gasteiger partial charge in [-0.1, -0.05) is 45.0 Å². The zero-order valence-corrected chi connectivity index (χ0v) is 19.3. The number of carbonyl (C=O) groups is 2. The second-order valence-corrected chi connectivity index (χ2v) is 8.40. The minimum Gasteiger partial charge on any atom is -0.494 e. The zero-order chi connectivity index (χ0) is 22.9. The van der Waals surface area contributed by atoms with E-state index in [1.54, 1.807) is 31.2 Å². The fourth-order valence-electron chi connectivity index (χ4n) is 2.80. The van der Waals surface area contributed by atoms with Crippen LogP contribution in [0.4, 0.5) is 5.69 Å². The van der Waals surface area contributed by atoms with Crippen molar-refractivity contribution >= 4 is 34.9 Å². The summed E-state index contributed by atoms with van der Waals surface area (Å²) < 4.78 is 10.7. The number of rotatable bonds is 8. The summed E-state index contributed by atoms with van der Waals surface area (Å²) in [5, 5.41) is 5.63. The van der Waals surface area contributed by atoms with E-state index in [-0.39, 0.29) is 29.5 Å². The number of carbonyl (C=O) groups excluding carboxylic acids is 2. The lowest BCUT2D eigenvalue weighted by Crippen LogP contribution is -2.34. The van der Waals surface area contributed by atoms with Gasteiger partial charge in [-0.25, -0.2) is 4.79 Å². The van der Waals surface area contributed by atoms with Crippen molar-refractivity contribution in [1.82, 2.24) is 5.32 Å². The average Bonchev–Trinajstić information content (AvgIpc) is 2.71. The SMILES string of the molecule is CCOC(=O)c1ccccc1NC(=S)NC(=O)CCCOc1ccc(C(C)(C)C)cc1. The van der Waals surface area contributed by atoms with Crippen LogP contribution in [-0.2, 0) is 14.9 Å². The van der Waals surface area contributed by atoms with E-state index >= 15 is 0 Å². The molecule has 0 aliphatic rings. The highest BCUT2D eigenvalue weighted by Crippen LogP contribution is 2.24. The molecule has 0 unspecified atom stereocenters. The third-order valence-electron chi connectivity index (χ3n) is 4.46. The van der Waals surface area contributed by atoms with Crippen LogP contribution in [0.1, 0.15) is 56.5 Å². The van der Waals surface area contributed by atoms with Gasteiger partial charge in [0.25, 0.3) is 0 Å². The number of amides is 1. The topological polar surface area (TPSA) is 76.7 Å². The Balaban J connectivity index is 1.76. The Labute approximate surface area is 189 Å². The molecule has 0 fully saturated rings. The molecule has 0 aliphatic carbocycles. The molecule has 0 aliphatic heterocycles. The molecule has 0 heterocycles. The second-order valence-electron chi connectivity index (χ2n) is 7.99. The van der Waals surface area contributed by atoms with E-state index in [1.807, 2.05) is 12.1 Å². The average molecular weight is 443 g/mol. The molecule has 2 rings (SSSR count). The van der Waals surface area contributed by atoms with Crippen molar-refractivity contribution < 1.29 is 19.1 Å². The van der Waals surface area contributed by atoms with Gasteiger partial charge in [-0.3, -0.25) is 4.79 Å². The van der Waals surface area contributed by atoms with Gasteiger partial charge in [-0.15, -0.1) is 0 Å². The van der Waals surface area contributed by atoms with Gasteiger partial charge in [-0.05, 0) is 60.8 Å². The van der Waals surface area contributed by atoms with Crippen LogP contribution in [-0.4, -0.2) is 30.2 Å². The van der Waals surface area contributed by atoms with E-state index in [0.717, 1.165) is 5.75 Å². The molecule has 1 amide bonds. The number of esters is 1. The van der Waals surface area contributed by atoms with Gasteiger partial charge in [0.15, 0.2) is 5.11 Å². The van der Waals surface area contributed by atoms with Crippen molar-refractivity contribution in [3.63, 3.8) is 0 Å². The Bertz CT molecular complexity index is 905. The van der Waals surface area contributed by atoms with E-state index < -0.39 is 5.97 Å². The number of benzene rings is 2. The number of anilines is 1. The summed E-state index contributed by atoms with van der Waals surface area (Å²) in [4.78, 5) is 24.2. The first kappa shape index (κ1) is 24.3. The smallest absolute Gasteiger partial charge is 0.340 e. The van der Waals surface area contributed by atoms with Crippen molar-refractivity contribution in [3.05, 3.63) is 59.7 Å². The van der Waals surface area contributed by atoms with Gasteiger partial charge in [0.2, 0.25) is 5.91 Å². The summed E-state index contributed by atoms with van der Waals surface area (Å²) in [5.41, 5.74) is 2.17. The van der Waals surface area contributed by atoms with Crippen molar-refractivity contribution in [3.8, 4) is 5.75 Å². The van der Waals surface area contributed by atoms with Crippen LogP contribution >= 0.6 is 12.2 Å². The maximum Gasteiger partial charge on any atom is 0.340 e. The monoisotopic (exact) mass is 442 g/mol. The maximum atomic E-state index is 12.1. The minimum absolute atomic E-state index is 0.0971. The van der Waals surface area contributed by atoms with Crippen LogP contribution in [0.15, 0.2) is 48.5 Å². The Morgan fingerprint density at radius 1 is 1.03 bits per heavy atom. The van der Waals surface area contributed by atoms with Crippen molar-refractivity contribution in [2.45, 2.75) is 46.0 Å². The first-order chi connectivity index (χ1) is 14.7. The van der Waals surface area contributed by atoms with E-state index in [9.17, 15) is 9.59 Å². The standard InChI is InChI=1S/C24H30N2O4S/c1-5-29-22(28)19-9-6-7-10-20(19)25-23(31)26-21(27)11-8-16-30-18-14-12-17(13-15-18)24(2,3)4/h6-7,9-10,12-15H,5,8,11,16H2,1-4H3,(H2,25,26,27,31). The van der Waals surface area contributed by atoms with Crippen LogP contribution < -0.4 is 15.4 Å². The summed E-state index contributed by atoms with van der Waals surface area (Å²) in [6, 6.07) is 14.8. The number of hydrogen-bond acceptors (Lipinski definition) is 5. The zero-order valence-electron chi connectivity index (χ0n) is 18.5. The Morgan fingerprint density at radius 3 is 2.35 bits per heavy atom. The molecule has 31 heavy (non-hydrogen) atoms. The lowest BCUT2D eigenvalue weighted by Gasteiger charge is -2.19. The number of nitrogens with one attached hydrogen (secondary N) is 2. The largest absolute Gasteiger partial charge is 0.494 e. The molecule has 0 aromatic heterocycles. The highest BCUT2D eigenvalue weighted by atomic mass is 32.1. The third kappa shape index (κ3) is 8.02. The highest BCUT2D eigenvalue weighted by molar-refractivity contribution is 7.80. The molecule has 0 bridgehead atoms. The van der Waals surface area contributed by atoms with Crippen molar-refractivity contribution in [1.29, 1.82) is 0 Å². The summed E-state index contributed by atoms with van der Waals surface area (Å²) >= 11 is 5.19. The summed E-state index contributed by atoms with van der Waals surface area (Å²) in [7, 11) is 0. The molecule has 0 radical (unpaired) electrons. The van der Waals surface area contributed by atoms with E-state index in [0.29, 0.717) is 24.3 Å². The number of para-hydroxylation sites is 1. The molecule has 0 saturated heterocycles. The van der Waals surface area contributed by atoms with Gasteiger partial charge >= 0.3 is 5.97 Å². The number of thiocarbonyl (C=S) groups is 1. The molecule has 2 aromatic carbocycles. The Hall–Kier alpha value is -2.93. The molecule has 2 N–H and O–H groups in total. The highest BCUT2D eigenvalue weighted by Gasteiger charge is 2.14. The number of hydrogen-bond donors (Lipinski definition) is 2. The van der Waals surface area contributed by atoms with Crippen molar-refractivity contribution in [2.24, 2.45) is 0 Å². The van der Waals surface area contributed by atoms with Gasteiger partial charge in [0, 0.05) is 6.42 Å². The Morgan fingerprint density at radius 2 is 1.71 bits per heavy atom. The molecule has 0 spiro atoms. The molecule has 7 heteroatoms. The Kier molecular flexibility index (Phi) is 9.00. The quantitative estimate of drug-likeness (QED) is 0.346. The lowest BCUT2D eigenvalue weighted by atomic mass is 9.87. The molecule has 0 saturated carbocycles. The molecule has 6 nitrogen and oxygen atoms in total. The van der Waals surface area contributed by atoms with E-state index in [2.05, 4.69) is 43.5 Å². The van der Waals surface area contributed by atoms with Crippen molar-refractivity contribution in [2.75, 3.05) is 18.5 Å². The predicted molar refractivity (Wildman–Crippen MR) is 127 cm³/mol.